The second-order valence-corrected chi connectivity index (χ2v) is 10.6. The van der Waals surface area contributed by atoms with Crippen LogP contribution in [0.4, 0.5) is 17.3 Å². The fourth-order valence-corrected chi connectivity index (χ4v) is 5.26. The summed E-state index contributed by atoms with van der Waals surface area (Å²) in [7, 11) is 0. The summed E-state index contributed by atoms with van der Waals surface area (Å²) in [5.74, 6) is 0.805. The predicted octanol–water partition coefficient (Wildman–Crippen LogP) is 6.62. The van der Waals surface area contributed by atoms with Gasteiger partial charge in [0.1, 0.15) is 12.4 Å². The number of morpholine rings is 1. The molecule has 0 saturated carbocycles. The summed E-state index contributed by atoms with van der Waals surface area (Å²) in [5.41, 5.74) is 6.70. The number of para-hydroxylation sites is 2. The average Bonchev–Trinajstić information content (AvgIpc) is 3.04. The molecule has 2 heterocycles. The molecule has 0 atom stereocenters. The minimum Gasteiger partial charge on any atom is -0.490 e. The van der Waals surface area contributed by atoms with Crippen molar-refractivity contribution in [3.8, 4) is 17.0 Å². The van der Waals surface area contributed by atoms with E-state index in [9.17, 15) is 4.79 Å². The summed E-state index contributed by atoms with van der Waals surface area (Å²) in [6.45, 7) is 8.40. The second kappa shape index (κ2) is 13.0. The van der Waals surface area contributed by atoms with E-state index in [0.717, 1.165) is 71.8 Å². The predicted molar refractivity (Wildman–Crippen MR) is 171 cm³/mol. The van der Waals surface area contributed by atoms with Crippen LogP contribution in [0.1, 0.15) is 21.5 Å². The molecule has 1 fully saturated rings. The van der Waals surface area contributed by atoms with Crippen molar-refractivity contribution in [2.24, 2.45) is 0 Å². The van der Waals surface area contributed by atoms with Gasteiger partial charge >= 0.3 is 0 Å². The largest absolute Gasteiger partial charge is 0.490 e. The summed E-state index contributed by atoms with van der Waals surface area (Å²) in [6.07, 6.45) is 0. The van der Waals surface area contributed by atoms with E-state index in [1.165, 1.54) is 0 Å². The first-order valence-electron chi connectivity index (χ1n) is 14.6. The first-order chi connectivity index (χ1) is 21.0. The Labute approximate surface area is 251 Å². The van der Waals surface area contributed by atoms with Crippen LogP contribution in [0.3, 0.4) is 0 Å². The third-order valence-electron chi connectivity index (χ3n) is 7.63. The van der Waals surface area contributed by atoms with E-state index >= 15 is 0 Å². The van der Waals surface area contributed by atoms with Gasteiger partial charge in [-0.1, -0.05) is 66.7 Å². The lowest BCUT2D eigenvalue weighted by Gasteiger charge is -2.26. The van der Waals surface area contributed by atoms with Crippen molar-refractivity contribution in [2.75, 3.05) is 50.1 Å². The quantitative estimate of drug-likeness (QED) is 0.205. The van der Waals surface area contributed by atoms with Crippen LogP contribution < -0.4 is 15.4 Å². The third kappa shape index (κ3) is 6.66. The molecule has 1 saturated heterocycles. The molecule has 8 heteroatoms. The molecule has 2 N–H and O–H groups in total. The summed E-state index contributed by atoms with van der Waals surface area (Å²) >= 11 is 0. The molecule has 5 aromatic rings. The number of hydrogen-bond acceptors (Lipinski definition) is 7. The highest BCUT2D eigenvalue weighted by Crippen LogP contribution is 2.32. The molecule has 0 radical (unpaired) electrons. The van der Waals surface area contributed by atoms with Gasteiger partial charge in [0.05, 0.1) is 30.1 Å². The van der Waals surface area contributed by atoms with Gasteiger partial charge in [-0.15, -0.1) is 0 Å². The number of nitrogens with one attached hydrogen (secondary N) is 2. The minimum atomic E-state index is -0.199. The van der Waals surface area contributed by atoms with Gasteiger partial charge in [-0.25, -0.2) is 9.97 Å². The van der Waals surface area contributed by atoms with Crippen LogP contribution in [-0.4, -0.2) is 60.2 Å². The Balaban J connectivity index is 1.31. The summed E-state index contributed by atoms with van der Waals surface area (Å²) < 4.78 is 11.8. The van der Waals surface area contributed by atoms with E-state index in [4.69, 9.17) is 19.4 Å². The minimum absolute atomic E-state index is 0.199. The number of hydrogen-bond donors (Lipinski definition) is 2. The Bertz CT molecular complexity index is 1720. The molecule has 0 unspecified atom stereocenters. The van der Waals surface area contributed by atoms with Crippen LogP contribution in [0.5, 0.6) is 5.75 Å². The highest BCUT2D eigenvalue weighted by molar-refractivity contribution is 6.05. The lowest BCUT2D eigenvalue weighted by atomic mass is 10.1. The molecular formula is C35H35N5O3. The first-order valence-corrected chi connectivity index (χ1v) is 14.6. The SMILES string of the molecule is Cc1cccc(C)c1NC(=O)c1ccc(Nc2nc(-c3ccccc3)c3ccccc3n2)c(OCCN2CCOCC2)c1. The zero-order valence-corrected chi connectivity index (χ0v) is 24.5. The van der Waals surface area contributed by atoms with E-state index in [-0.39, 0.29) is 5.91 Å². The number of ether oxygens (including phenoxy) is 2. The van der Waals surface area contributed by atoms with Crippen molar-refractivity contribution in [2.45, 2.75) is 13.8 Å². The fraction of sp³-hybridized carbons (Fsp3) is 0.229. The number of aryl methyl sites for hydroxylation is 2. The Hall–Kier alpha value is -4.79. The van der Waals surface area contributed by atoms with Crippen LogP contribution in [-0.2, 0) is 4.74 Å². The van der Waals surface area contributed by atoms with Crippen LogP contribution in [0.15, 0.2) is 91.0 Å². The van der Waals surface area contributed by atoms with Crippen molar-refractivity contribution >= 4 is 34.1 Å². The Morgan fingerprint density at radius 3 is 2.42 bits per heavy atom. The monoisotopic (exact) mass is 573 g/mol. The summed E-state index contributed by atoms with van der Waals surface area (Å²) in [4.78, 5) is 25.4. The molecule has 0 bridgehead atoms. The van der Waals surface area contributed by atoms with Crippen LogP contribution in [0, 0.1) is 13.8 Å². The first kappa shape index (κ1) is 28.3. The smallest absolute Gasteiger partial charge is 0.255 e. The van der Waals surface area contributed by atoms with Crippen molar-refractivity contribution < 1.29 is 14.3 Å². The number of carbonyl (C=O) groups is 1. The van der Waals surface area contributed by atoms with Gasteiger partial charge in [-0.2, -0.15) is 0 Å². The Kier molecular flexibility index (Phi) is 8.58. The van der Waals surface area contributed by atoms with E-state index in [2.05, 4.69) is 15.5 Å². The van der Waals surface area contributed by atoms with Gasteiger partial charge in [0, 0.05) is 41.8 Å². The topological polar surface area (TPSA) is 88.6 Å². The van der Waals surface area contributed by atoms with Gasteiger partial charge in [-0.3, -0.25) is 9.69 Å². The summed E-state index contributed by atoms with van der Waals surface area (Å²) in [5, 5.41) is 7.44. The van der Waals surface area contributed by atoms with Gasteiger partial charge in [-0.05, 0) is 49.2 Å². The average molecular weight is 574 g/mol. The standard InChI is InChI=1S/C35H35N5O3/c1-24-9-8-10-25(2)32(24)38-34(41)27-15-16-30(31(23-27)43-22-19-40-17-20-42-21-18-40)37-35-36-29-14-7-6-13-28(29)33(39-35)26-11-4-3-5-12-26/h3-16,23H,17-22H2,1-2H3,(H,38,41)(H,36,37,39). The number of carbonyl (C=O) groups excluding carboxylic acids is 1. The number of aromatic nitrogens is 2. The van der Waals surface area contributed by atoms with E-state index < -0.39 is 0 Å². The molecule has 218 valence electrons. The molecule has 1 amide bonds. The highest BCUT2D eigenvalue weighted by atomic mass is 16.5. The molecule has 1 aromatic heterocycles. The molecule has 1 aliphatic rings. The molecule has 0 aliphatic carbocycles. The summed E-state index contributed by atoms with van der Waals surface area (Å²) in [6, 6.07) is 29.4. The van der Waals surface area contributed by atoms with Crippen LogP contribution in [0.2, 0.25) is 0 Å². The molecule has 1 aliphatic heterocycles. The van der Waals surface area contributed by atoms with Crippen LogP contribution in [0.25, 0.3) is 22.2 Å². The number of fused-ring (bicyclic) bond motifs is 1. The molecule has 0 spiro atoms. The maximum Gasteiger partial charge on any atom is 0.255 e. The van der Waals surface area contributed by atoms with E-state index in [1.54, 1.807) is 12.1 Å². The third-order valence-corrected chi connectivity index (χ3v) is 7.63. The van der Waals surface area contributed by atoms with E-state index in [1.807, 2.05) is 92.7 Å². The molecule has 4 aromatic carbocycles. The van der Waals surface area contributed by atoms with Gasteiger partial charge in [0.2, 0.25) is 5.95 Å². The van der Waals surface area contributed by atoms with E-state index in [0.29, 0.717) is 29.6 Å². The lowest BCUT2D eigenvalue weighted by molar-refractivity contribution is 0.0323. The van der Waals surface area contributed by atoms with Crippen LogP contribution >= 0.6 is 0 Å². The van der Waals surface area contributed by atoms with Gasteiger partial charge in [0.25, 0.3) is 5.91 Å². The second-order valence-electron chi connectivity index (χ2n) is 10.6. The maximum atomic E-state index is 13.4. The highest BCUT2D eigenvalue weighted by Gasteiger charge is 2.17. The van der Waals surface area contributed by atoms with Crippen molar-refractivity contribution in [1.29, 1.82) is 0 Å². The van der Waals surface area contributed by atoms with Crippen molar-refractivity contribution in [1.82, 2.24) is 14.9 Å². The van der Waals surface area contributed by atoms with Gasteiger partial charge < -0.3 is 20.1 Å². The zero-order chi connectivity index (χ0) is 29.6. The normalized spacial score (nSPS) is 13.5. The molecular weight excluding hydrogens is 538 g/mol. The maximum absolute atomic E-state index is 13.4. The number of amides is 1. The molecule has 6 rings (SSSR count). The Morgan fingerprint density at radius 2 is 1.63 bits per heavy atom. The number of anilines is 3. The Morgan fingerprint density at radius 1 is 0.884 bits per heavy atom. The molecule has 8 nitrogen and oxygen atoms in total. The lowest BCUT2D eigenvalue weighted by Crippen LogP contribution is -2.38. The van der Waals surface area contributed by atoms with Crippen molar-refractivity contribution in [3.63, 3.8) is 0 Å². The fourth-order valence-electron chi connectivity index (χ4n) is 5.26. The number of benzene rings is 4. The molecule has 43 heavy (non-hydrogen) atoms. The van der Waals surface area contributed by atoms with Gasteiger partial charge in [0.15, 0.2) is 0 Å². The number of nitrogens with zero attached hydrogens (tertiary/aromatic N) is 3. The van der Waals surface area contributed by atoms with Crippen molar-refractivity contribution in [3.05, 3.63) is 108 Å². The number of rotatable bonds is 9. The zero-order valence-electron chi connectivity index (χ0n) is 24.5.